The number of halogens is 3. The molecular formula is C17H15F3N2O2. The number of carbonyl (C=O) groups is 2. The Bertz CT molecular complexity index is 740. The first kappa shape index (κ1) is 17.5. The number of alkyl halides is 3. The second kappa shape index (κ2) is 7.16. The van der Waals surface area contributed by atoms with Crippen molar-refractivity contribution in [1.29, 1.82) is 0 Å². The lowest BCUT2D eigenvalue weighted by atomic mass is 10.1. The van der Waals surface area contributed by atoms with E-state index in [1.54, 1.807) is 24.3 Å². The van der Waals surface area contributed by atoms with Gasteiger partial charge in [-0.15, -0.1) is 0 Å². The van der Waals surface area contributed by atoms with E-state index < -0.39 is 17.6 Å². The Labute approximate surface area is 136 Å². The van der Waals surface area contributed by atoms with Crippen LogP contribution in [-0.4, -0.2) is 18.9 Å². The lowest BCUT2D eigenvalue weighted by Gasteiger charge is -2.09. The van der Waals surface area contributed by atoms with E-state index in [-0.39, 0.29) is 18.0 Å². The molecule has 0 heterocycles. The molecule has 0 spiro atoms. The van der Waals surface area contributed by atoms with Crippen molar-refractivity contribution >= 4 is 11.8 Å². The maximum atomic E-state index is 12.6. The van der Waals surface area contributed by atoms with Gasteiger partial charge in [0.2, 0.25) is 0 Å². The number of hydrogen-bond donors (Lipinski definition) is 2. The summed E-state index contributed by atoms with van der Waals surface area (Å²) >= 11 is 0. The molecule has 0 aromatic heterocycles. The van der Waals surface area contributed by atoms with Crippen LogP contribution in [0.5, 0.6) is 0 Å². The molecule has 2 aromatic carbocycles. The monoisotopic (exact) mass is 336 g/mol. The Morgan fingerprint density at radius 3 is 2.21 bits per heavy atom. The first-order chi connectivity index (χ1) is 11.3. The summed E-state index contributed by atoms with van der Waals surface area (Å²) in [6.07, 6.45) is -4.49. The Kier molecular flexibility index (Phi) is 5.23. The van der Waals surface area contributed by atoms with E-state index in [4.69, 9.17) is 0 Å². The average Bonchev–Trinajstić information content (AvgIpc) is 2.58. The van der Waals surface area contributed by atoms with E-state index in [0.717, 1.165) is 17.7 Å². The van der Waals surface area contributed by atoms with Gasteiger partial charge in [-0.05, 0) is 35.9 Å². The maximum absolute atomic E-state index is 12.6. The van der Waals surface area contributed by atoms with Crippen molar-refractivity contribution in [1.82, 2.24) is 10.6 Å². The predicted molar refractivity (Wildman–Crippen MR) is 82.4 cm³/mol. The van der Waals surface area contributed by atoms with E-state index in [2.05, 4.69) is 10.6 Å². The van der Waals surface area contributed by atoms with Crippen molar-refractivity contribution < 1.29 is 22.8 Å². The summed E-state index contributed by atoms with van der Waals surface area (Å²) < 4.78 is 37.9. The Balaban J connectivity index is 2.02. The van der Waals surface area contributed by atoms with Crippen LogP contribution in [0.25, 0.3) is 0 Å². The molecule has 2 amide bonds. The van der Waals surface area contributed by atoms with Crippen molar-refractivity contribution in [2.75, 3.05) is 7.05 Å². The largest absolute Gasteiger partial charge is 0.416 e. The zero-order chi connectivity index (χ0) is 17.7. The van der Waals surface area contributed by atoms with Crippen molar-refractivity contribution in [3.8, 4) is 0 Å². The molecule has 2 rings (SSSR count). The van der Waals surface area contributed by atoms with Gasteiger partial charge in [-0.2, -0.15) is 13.2 Å². The molecule has 0 aliphatic carbocycles. The van der Waals surface area contributed by atoms with Gasteiger partial charge in [0.05, 0.1) is 5.56 Å². The lowest BCUT2D eigenvalue weighted by molar-refractivity contribution is -0.137. The molecule has 0 saturated carbocycles. The third-order valence-corrected chi connectivity index (χ3v) is 3.35. The third-order valence-electron chi connectivity index (χ3n) is 3.35. The van der Waals surface area contributed by atoms with Crippen LogP contribution in [0.1, 0.15) is 31.8 Å². The standard InChI is InChI=1S/C17H15F3N2O2/c1-21-15(23)12-7-5-11(6-8-12)10-22-16(24)13-3-2-4-14(9-13)17(18,19)20/h2-9H,10H2,1H3,(H,21,23)(H,22,24). The molecule has 0 radical (unpaired) electrons. The van der Waals surface area contributed by atoms with E-state index in [9.17, 15) is 22.8 Å². The summed E-state index contributed by atoms with van der Waals surface area (Å²) in [5, 5.41) is 5.04. The van der Waals surface area contributed by atoms with Gasteiger partial charge in [0.15, 0.2) is 0 Å². The van der Waals surface area contributed by atoms with Crippen LogP contribution in [0.4, 0.5) is 13.2 Å². The van der Waals surface area contributed by atoms with Crippen molar-refractivity contribution in [3.05, 3.63) is 70.8 Å². The molecule has 0 aliphatic rings. The molecule has 0 bridgehead atoms. The second-order valence-corrected chi connectivity index (χ2v) is 5.04. The normalized spacial score (nSPS) is 11.0. The van der Waals surface area contributed by atoms with Crippen LogP contribution in [0.15, 0.2) is 48.5 Å². The van der Waals surface area contributed by atoms with Crippen LogP contribution < -0.4 is 10.6 Å². The molecular weight excluding hydrogens is 321 g/mol. The van der Waals surface area contributed by atoms with Gasteiger partial charge in [-0.25, -0.2) is 0 Å². The van der Waals surface area contributed by atoms with Crippen LogP contribution in [0.2, 0.25) is 0 Å². The zero-order valence-electron chi connectivity index (χ0n) is 12.8. The summed E-state index contributed by atoms with van der Waals surface area (Å²) in [7, 11) is 1.52. The maximum Gasteiger partial charge on any atom is 0.416 e. The first-order valence-corrected chi connectivity index (χ1v) is 7.08. The number of benzene rings is 2. The summed E-state index contributed by atoms with van der Waals surface area (Å²) in [5.74, 6) is -0.828. The highest BCUT2D eigenvalue weighted by Gasteiger charge is 2.30. The molecule has 0 aliphatic heterocycles. The number of hydrogen-bond acceptors (Lipinski definition) is 2. The fourth-order valence-corrected chi connectivity index (χ4v) is 2.04. The van der Waals surface area contributed by atoms with E-state index in [1.807, 2.05) is 0 Å². The molecule has 0 fully saturated rings. The fourth-order valence-electron chi connectivity index (χ4n) is 2.04. The topological polar surface area (TPSA) is 58.2 Å². The summed E-state index contributed by atoms with van der Waals surface area (Å²) in [5.41, 5.74) is 0.269. The molecule has 0 unspecified atom stereocenters. The van der Waals surface area contributed by atoms with Crippen LogP contribution in [-0.2, 0) is 12.7 Å². The minimum absolute atomic E-state index is 0.0631. The number of amides is 2. The molecule has 4 nitrogen and oxygen atoms in total. The van der Waals surface area contributed by atoms with Gasteiger partial charge in [-0.1, -0.05) is 18.2 Å². The van der Waals surface area contributed by atoms with Crippen molar-refractivity contribution in [2.24, 2.45) is 0 Å². The Morgan fingerprint density at radius 1 is 0.958 bits per heavy atom. The second-order valence-electron chi connectivity index (χ2n) is 5.04. The Morgan fingerprint density at radius 2 is 1.62 bits per heavy atom. The summed E-state index contributed by atoms with van der Waals surface area (Å²) in [6.45, 7) is 0.142. The van der Waals surface area contributed by atoms with Gasteiger partial charge >= 0.3 is 6.18 Å². The highest BCUT2D eigenvalue weighted by Crippen LogP contribution is 2.29. The highest BCUT2D eigenvalue weighted by molar-refractivity contribution is 5.95. The summed E-state index contributed by atoms with van der Waals surface area (Å²) in [6, 6.07) is 10.8. The van der Waals surface area contributed by atoms with Crippen LogP contribution in [0, 0.1) is 0 Å². The van der Waals surface area contributed by atoms with E-state index >= 15 is 0 Å². The Hall–Kier alpha value is -2.83. The fraction of sp³-hybridized carbons (Fsp3) is 0.176. The van der Waals surface area contributed by atoms with Crippen LogP contribution >= 0.6 is 0 Å². The molecule has 126 valence electrons. The summed E-state index contributed by atoms with van der Waals surface area (Å²) in [4.78, 5) is 23.4. The third kappa shape index (κ3) is 4.34. The lowest BCUT2D eigenvalue weighted by Crippen LogP contribution is -2.23. The molecule has 7 heteroatoms. The van der Waals surface area contributed by atoms with Gasteiger partial charge in [-0.3, -0.25) is 9.59 Å². The van der Waals surface area contributed by atoms with E-state index in [1.165, 1.54) is 19.2 Å². The van der Waals surface area contributed by atoms with Crippen molar-refractivity contribution in [3.63, 3.8) is 0 Å². The number of carbonyl (C=O) groups excluding carboxylic acids is 2. The number of rotatable bonds is 4. The van der Waals surface area contributed by atoms with Gasteiger partial charge in [0.1, 0.15) is 0 Å². The molecule has 0 atom stereocenters. The minimum Gasteiger partial charge on any atom is -0.355 e. The average molecular weight is 336 g/mol. The van der Waals surface area contributed by atoms with Gasteiger partial charge in [0, 0.05) is 24.7 Å². The molecule has 24 heavy (non-hydrogen) atoms. The van der Waals surface area contributed by atoms with Crippen LogP contribution in [0.3, 0.4) is 0 Å². The quantitative estimate of drug-likeness (QED) is 0.902. The SMILES string of the molecule is CNC(=O)c1ccc(CNC(=O)c2cccc(C(F)(F)F)c2)cc1. The van der Waals surface area contributed by atoms with E-state index in [0.29, 0.717) is 5.56 Å². The van der Waals surface area contributed by atoms with Gasteiger partial charge < -0.3 is 10.6 Å². The smallest absolute Gasteiger partial charge is 0.355 e. The zero-order valence-corrected chi connectivity index (χ0v) is 12.8. The highest BCUT2D eigenvalue weighted by atomic mass is 19.4. The minimum atomic E-state index is -4.49. The molecule has 0 saturated heterocycles. The molecule has 2 N–H and O–H groups in total. The first-order valence-electron chi connectivity index (χ1n) is 7.08. The molecule has 2 aromatic rings. The van der Waals surface area contributed by atoms with Gasteiger partial charge in [0.25, 0.3) is 11.8 Å². The predicted octanol–water partition coefficient (Wildman–Crippen LogP) is 3.00. The van der Waals surface area contributed by atoms with Crippen molar-refractivity contribution in [2.45, 2.75) is 12.7 Å². The number of nitrogens with one attached hydrogen (secondary N) is 2.